The lowest BCUT2D eigenvalue weighted by Crippen LogP contribution is -2.38. The first kappa shape index (κ1) is 15.0. The largest absolute Gasteiger partial charge is 0.481 e. The van der Waals surface area contributed by atoms with Crippen LogP contribution in [0.15, 0.2) is 54.1 Å². The number of allylic oxidation sites excluding steroid dienone is 2. The highest BCUT2D eigenvalue weighted by molar-refractivity contribution is 5.91. The second-order valence-electron chi connectivity index (χ2n) is 5.49. The quantitative estimate of drug-likeness (QED) is 0.872. The molecule has 0 aromatic heterocycles. The third kappa shape index (κ3) is 3.05. The smallest absolute Gasteiger partial charge is 0.332 e. The Morgan fingerprint density at radius 3 is 2.43 bits per heavy atom. The maximum absolute atomic E-state index is 11.5. The van der Waals surface area contributed by atoms with Crippen LogP contribution in [-0.2, 0) is 16.0 Å². The predicted octanol–water partition coefficient (Wildman–Crippen LogP) is 2.91. The third-order valence-electron chi connectivity index (χ3n) is 4.14. The Balaban J connectivity index is 2.28. The molecule has 1 aromatic rings. The van der Waals surface area contributed by atoms with Gasteiger partial charge in [-0.2, -0.15) is 0 Å². The number of carbonyl (C=O) groups is 2. The predicted molar refractivity (Wildman–Crippen MR) is 78.9 cm³/mol. The van der Waals surface area contributed by atoms with E-state index in [1.165, 1.54) is 12.2 Å². The van der Waals surface area contributed by atoms with Crippen molar-refractivity contribution in [3.8, 4) is 0 Å². The van der Waals surface area contributed by atoms with E-state index < -0.39 is 23.3 Å². The minimum atomic E-state index is -1.05. The zero-order valence-electron chi connectivity index (χ0n) is 11.8. The van der Waals surface area contributed by atoms with E-state index in [9.17, 15) is 19.8 Å². The molecule has 110 valence electrons. The van der Waals surface area contributed by atoms with Crippen LogP contribution < -0.4 is 0 Å². The molecule has 0 aliphatic heterocycles. The first-order valence-corrected chi connectivity index (χ1v) is 6.84. The van der Waals surface area contributed by atoms with E-state index in [2.05, 4.69) is 0 Å². The van der Waals surface area contributed by atoms with E-state index >= 15 is 0 Å². The van der Waals surface area contributed by atoms with Crippen LogP contribution in [0.3, 0.4) is 0 Å². The lowest BCUT2D eigenvalue weighted by atomic mass is 9.66. The van der Waals surface area contributed by atoms with Crippen LogP contribution in [0.4, 0.5) is 0 Å². The second kappa shape index (κ2) is 5.95. The van der Waals surface area contributed by atoms with Gasteiger partial charge in [0.25, 0.3) is 0 Å². The zero-order chi connectivity index (χ0) is 15.5. The lowest BCUT2D eigenvalue weighted by molar-refractivity contribution is -0.144. The number of aryl methyl sites for hydroxylation is 1. The molecule has 4 nitrogen and oxygen atoms in total. The summed E-state index contributed by atoms with van der Waals surface area (Å²) in [5.74, 6) is -2.87. The van der Waals surface area contributed by atoms with E-state index in [1.807, 2.05) is 30.3 Å². The SMILES string of the molecule is CC1(CCc2ccccc2)C(C(=O)O)=CC=CC1C(=O)O. The molecule has 2 unspecified atom stereocenters. The Bertz CT molecular complexity index is 600. The van der Waals surface area contributed by atoms with Gasteiger partial charge in [0, 0.05) is 11.0 Å². The molecule has 0 saturated carbocycles. The van der Waals surface area contributed by atoms with Crippen molar-refractivity contribution in [3.05, 3.63) is 59.7 Å². The number of carboxylic acid groups (broad SMARTS) is 2. The highest BCUT2D eigenvalue weighted by atomic mass is 16.4. The number of benzene rings is 1. The van der Waals surface area contributed by atoms with Crippen molar-refractivity contribution in [1.29, 1.82) is 0 Å². The Morgan fingerprint density at radius 1 is 1.19 bits per heavy atom. The van der Waals surface area contributed by atoms with Gasteiger partial charge in [0.2, 0.25) is 0 Å². The zero-order valence-corrected chi connectivity index (χ0v) is 11.8. The number of aliphatic carboxylic acids is 2. The summed E-state index contributed by atoms with van der Waals surface area (Å²) in [6.45, 7) is 1.72. The second-order valence-corrected chi connectivity index (χ2v) is 5.49. The highest BCUT2D eigenvalue weighted by Crippen LogP contribution is 2.43. The molecule has 2 atom stereocenters. The van der Waals surface area contributed by atoms with Crippen molar-refractivity contribution in [2.45, 2.75) is 19.8 Å². The summed E-state index contributed by atoms with van der Waals surface area (Å²) < 4.78 is 0. The summed E-state index contributed by atoms with van der Waals surface area (Å²) in [6.07, 6.45) is 5.70. The summed E-state index contributed by atoms with van der Waals surface area (Å²) in [5.41, 5.74) is 0.318. The van der Waals surface area contributed by atoms with Crippen LogP contribution in [0.25, 0.3) is 0 Å². The standard InChI is InChI=1S/C17H18O4/c1-17(11-10-12-6-3-2-4-7-12)13(15(18)19)8-5-9-14(17)16(20)21/h2-9,13H,10-11H2,1H3,(H,18,19)(H,20,21). The Kier molecular flexibility index (Phi) is 4.26. The molecule has 0 bridgehead atoms. The molecular formula is C17H18O4. The number of hydrogen-bond acceptors (Lipinski definition) is 2. The number of carboxylic acids is 2. The van der Waals surface area contributed by atoms with Gasteiger partial charge < -0.3 is 10.2 Å². The molecule has 0 amide bonds. The number of hydrogen-bond donors (Lipinski definition) is 2. The van der Waals surface area contributed by atoms with Gasteiger partial charge in [0.05, 0.1) is 5.92 Å². The molecule has 4 heteroatoms. The molecule has 0 spiro atoms. The van der Waals surface area contributed by atoms with Gasteiger partial charge in [-0.3, -0.25) is 4.79 Å². The van der Waals surface area contributed by atoms with E-state index in [0.29, 0.717) is 12.8 Å². The van der Waals surface area contributed by atoms with Gasteiger partial charge >= 0.3 is 11.9 Å². The maximum atomic E-state index is 11.5. The molecule has 0 saturated heterocycles. The van der Waals surface area contributed by atoms with Gasteiger partial charge in [-0.05, 0) is 18.4 Å². The van der Waals surface area contributed by atoms with Crippen LogP contribution in [-0.4, -0.2) is 22.2 Å². The third-order valence-corrected chi connectivity index (χ3v) is 4.14. The van der Waals surface area contributed by atoms with Crippen molar-refractivity contribution in [1.82, 2.24) is 0 Å². The van der Waals surface area contributed by atoms with Gasteiger partial charge in [0.1, 0.15) is 0 Å². The van der Waals surface area contributed by atoms with E-state index in [0.717, 1.165) is 5.56 Å². The van der Waals surface area contributed by atoms with Gasteiger partial charge in [-0.25, -0.2) is 4.79 Å². The van der Waals surface area contributed by atoms with Crippen molar-refractivity contribution >= 4 is 11.9 Å². The van der Waals surface area contributed by atoms with Crippen molar-refractivity contribution in [2.24, 2.45) is 11.3 Å². The fraction of sp³-hybridized carbons (Fsp3) is 0.294. The fourth-order valence-electron chi connectivity index (χ4n) is 2.84. The Hall–Kier alpha value is -2.36. The first-order valence-electron chi connectivity index (χ1n) is 6.84. The van der Waals surface area contributed by atoms with Gasteiger partial charge in [0.15, 0.2) is 0 Å². The average molecular weight is 286 g/mol. The van der Waals surface area contributed by atoms with Crippen LogP contribution in [0.5, 0.6) is 0 Å². The van der Waals surface area contributed by atoms with Crippen LogP contribution in [0, 0.1) is 11.3 Å². The molecule has 1 aliphatic rings. The summed E-state index contributed by atoms with van der Waals surface area (Å²) in [7, 11) is 0. The van der Waals surface area contributed by atoms with Gasteiger partial charge in [-0.1, -0.05) is 55.5 Å². The van der Waals surface area contributed by atoms with Crippen molar-refractivity contribution in [3.63, 3.8) is 0 Å². The molecule has 21 heavy (non-hydrogen) atoms. The Labute approximate surface area is 123 Å². The molecular weight excluding hydrogens is 268 g/mol. The highest BCUT2D eigenvalue weighted by Gasteiger charge is 2.44. The summed E-state index contributed by atoms with van der Waals surface area (Å²) in [5, 5.41) is 18.8. The monoisotopic (exact) mass is 286 g/mol. The summed E-state index contributed by atoms with van der Waals surface area (Å²) >= 11 is 0. The van der Waals surface area contributed by atoms with Gasteiger partial charge in [-0.15, -0.1) is 0 Å². The van der Waals surface area contributed by atoms with Crippen LogP contribution >= 0.6 is 0 Å². The molecule has 0 heterocycles. The van der Waals surface area contributed by atoms with E-state index in [1.54, 1.807) is 13.0 Å². The minimum Gasteiger partial charge on any atom is -0.481 e. The average Bonchev–Trinajstić information content (AvgIpc) is 2.46. The topological polar surface area (TPSA) is 74.6 Å². The van der Waals surface area contributed by atoms with Crippen LogP contribution in [0.2, 0.25) is 0 Å². The minimum absolute atomic E-state index is 0.160. The fourth-order valence-corrected chi connectivity index (χ4v) is 2.84. The molecule has 0 fully saturated rings. The van der Waals surface area contributed by atoms with Crippen molar-refractivity contribution < 1.29 is 19.8 Å². The molecule has 2 rings (SSSR count). The van der Waals surface area contributed by atoms with E-state index in [-0.39, 0.29) is 5.57 Å². The van der Waals surface area contributed by atoms with E-state index in [4.69, 9.17) is 0 Å². The summed E-state index contributed by atoms with van der Waals surface area (Å²) in [4.78, 5) is 22.9. The number of rotatable bonds is 5. The molecule has 2 N–H and O–H groups in total. The first-order chi connectivity index (χ1) is 9.95. The maximum Gasteiger partial charge on any atom is 0.332 e. The summed E-state index contributed by atoms with van der Waals surface area (Å²) in [6, 6.07) is 9.67. The molecule has 0 radical (unpaired) electrons. The molecule has 1 aliphatic carbocycles. The Morgan fingerprint density at radius 2 is 1.86 bits per heavy atom. The van der Waals surface area contributed by atoms with Crippen molar-refractivity contribution in [2.75, 3.05) is 0 Å². The lowest BCUT2D eigenvalue weighted by Gasteiger charge is -2.36. The molecule has 1 aromatic carbocycles. The normalized spacial score (nSPS) is 24.4. The van der Waals surface area contributed by atoms with Crippen LogP contribution in [0.1, 0.15) is 18.9 Å².